The van der Waals surface area contributed by atoms with Crippen LogP contribution in [-0.4, -0.2) is 34.8 Å². The van der Waals surface area contributed by atoms with E-state index in [9.17, 15) is 24.3 Å². The molecule has 1 spiro atoms. The number of carboxylic acids is 1. The molecule has 0 bridgehead atoms. The summed E-state index contributed by atoms with van der Waals surface area (Å²) < 4.78 is 0. The molecule has 3 amide bonds. The van der Waals surface area contributed by atoms with Gasteiger partial charge < -0.3 is 10.4 Å². The van der Waals surface area contributed by atoms with Gasteiger partial charge in [-0.05, 0) is 31.5 Å². The summed E-state index contributed by atoms with van der Waals surface area (Å²) in [5, 5.41) is 15.2. The minimum Gasteiger partial charge on any atom is -0.481 e. The van der Waals surface area contributed by atoms with Crippen LogP contribution in [0.1, 0.15) is 24.0 Å². The lowest BCUT2D eigenvalue weighted by Crippen LogP contribution is -2.53. The van der Waals surface area contributed by atoms with E-state index in [0.717, 1.165) is 10.5 Å². The molecule has 3 aliphatic rings. The van der Waals surface area contributed by atoms with Gasteiger partial charge in [-0.1, -0.05) is 35.9 Å². The molecule has 31 heavy (non-hydrogen) atoms. The molecule has 8 heteroatoms. The Morgan fingerprint density at radius 3 is 2.48 bits per heavy atom. The van der Waals surface area contributed by atoms with Crippen LogP contribution in [0.25, 0.3) is 0 Å². The SMILES string of the molecule is Cc1ccc(N2C(=O)C3C(CCC(=O)O)NC4(C(=O)Nc5ccccc54)C3C2=O)cc1. The van der Waals surface area contributed by atoms with Crippen molar-refractivity contribution in [2.75, 3.05) is 10.2 Å². The zero-order chi connectivity index (χ0) is 21.9. The molecular weight excluding hydrogens is 398 g/mol. The van der Waals surface area contributed by atoms with Gasteiger partial charge in [0.1, 0.15) is 5.54 Å². The van der Waals surface area contributed by atoms with Gasteiger partial charge in [-0.15, -0.1) is 0 Å². The predicted molar refractivity (Wildman–Crippen MR) is 111 cm³/mol. The third kappa shape index (κ3) is 2.64. The van der Waals surface area contributed by atoms with Gasteiger partial charge in [0.2, 0.25) is 17.7 Å². The second-order valence-corrected chi connectivity index (χ2v) is 8.34. The number of aryl methyl sites for hydroxylation is 1. The molecule has 2 aromatic carbocycles. The number of para-hydroxylation sites is 1. The Balaban J connectivity index is 1.64. The minimum absolute atomic E-state index is 0.133. The van der Waals surface area contributed by atoms with Gasteiger partial charge in [0.25, 0.3) is 0 Å². The molecule has 5 rings (SSSR count). The fraction of sp³-hybridized carbons (Fsp3) is 0.304. The topological polar surface area (TPSA) is 116 Å². The number of hydrogen-bond acceptors (Lipinski definition) is 5. The first-order chi connectivity index (χ1) is 14.8. The van der Waals surface area contributed by atoms with E-state index < -0.39 is 47.1 Å². The van der Waals surface area contributed by atoms with E-state index in [0.29, 0.717) is 16.9 Å². The second kappa shape index (κ2) is 6.75. The molecule has 3 N–H and O–H groups in total. The van der Waals surface area contributed by atoms with Crippen LogP contribution in [-0.2, 0) is 24.7 Å². The number of benzene rings is 2. The molecule has 2 fully saturated rings. The first kappa shape index (κ1) is 19.4. The lowest BCUT2D eigenvalue weighted by molar-refractivity contribution is -0.137. The summed E-state index contributed by atoms with van der Waals surface area (Å²) in [7, 11) is 0. The molecule has 0 aromatic heterocycles. The van der Waals surface area contributed by atoms with Crippen LogP contribution in [0.2, 0.25) is 0 Å². The zero-order valence-electron chi connectivity index (χ0n) is 16.8. The maximum Gasteiger partial charge on any atom is 0.303 e. The van der Waals surface area contributed by atoms with E-state index in [1.807, 2.05) is 19.1 Å². The Bertz CT molecular complexity index is 1130. The number of amides is 3. The number of fused-ring (bicyclic) bond motifs is 4. The third-order valence-electron chi connectivity index (χ3n) is 6.58. The summed E-state index contributed by atoms with van der Waals surface area (Å²) in [4.78, 5) is 52.8. The number of carbonyl (C=O) groups excluding carboxylic acids is 3. The summed E-state index contributed by atoms with van der Waals surface area (Å²) >= 11 is 0. The Morgan fingerprint density at radius 2 is 1.77 bits per heavy atom. The van der Waals surface area contributed by atoms with Crippen molar-refractivity contribution in [1.82, 2.24) is 5.32 Å². The number of nitrogens with zero attached hydrogens (tertiary/aromatic N) is 1. The van der Waals surface area contributed by atoms with Gasteiger partial charge in [0, 0.05) is 23.7 Å². The monoisotopic (exact) mass is 419 g/mol. The van der Waals surface area contributed by atoms with Crippen molar-refractivity contribution in [3.63, 3.8) is 0 Å². The van der Waals surface area contributed by atoms with Crippen molar-refractivity contribution in [3.8, 4) is 0 Å². The molecule has 2 aromatic rings. The lowest BCUT2D eigenvalue weighted by atomic mass is 9.76. The first-order valence-corrected chi connectivity index (χ1v) is 10.2. The molecule has 4 unspecified atom stereocenters. The largest absolute Gasteiger partial charge is 0.481 e. The van der Waals surface area contributed by atoms with Crippen LogP contribution in [0.3, 0.4) is 0 Å². The standard InChI is InChI=1S/C23H21N3O5/c1-12-6-8-13(9-7-12)26-20(29)18-16(10-11-17(27)28)25-23(19(18)21(26)30)14-4-2-3-5-15(14)24-22(23)31/h2-9,16,18-19,25H,10-11H2,1H3,(H,24,31)(H,27,28). The van der Waals surface area contributed by atoms with Crippen LogP contribution in [0.4, 0.5) is 11.4 Å². The first-order valence-electron chi connectivity index (χ1n) is 10.2. The number of hydrogen-bond donors (Lipinski definition) is 3. The molecule has 0 saturated carbocycles. The summed E-state index contributed by atoms with van der Waals surface area (Å²) in [6, 6.07) is 13.5. The van der Waals surface area contributed by atoms with E-state index in [2.05, 4.69) is 10.6 Å². The van der Waals surface area contributed by atoms with Gasteiger partial charge in [0.05, 0.1) is 17.5 Å². The molecule has 8 nitrogen and oxygen atoms in total. The average Bonchev–Trinajstić information content (AvgIpc) is 3.32. The number of aliphatic carboxylic acids is 1. The van der Waals surface area contributed by atoms with Gasteiger partial charge in [-0.3, -0.25) is 24.5 Å². The maximum absolute atomic E-state index is 13.7. The predicted octanol–water partition coefficient (Wildman–Crippen LogP) is 1.78. The summed E-state index contributed by atoms with van der Waals surface area (Å²) in [6.07, 6.45) is -0.0410. The highest BCUT2D eigenvalue weighted by molar-refractivity contribution is 6.25. The van der Waals surface area contributed by atoms with E-state index >= 15 is 0 Å². The van der Waals surface area contributed by atoms with Crippen molar-refractivity contribution in [2.45, 2.75) is 31.3 Å². The van der Waals surface area contributed by atoms with Crippen molar-refractivity contribution in [2.24, 2.45) is 11.8 Å². The molecule has 3 heterocycles. The quantitative estimate of drug-likeness (QED) is 0.651. The van der Waals surface area contributed by atoms with Gasteiger partial charge in [-0.2, -0.15) is 0 Å². The van der Waals surface area contributed by atoms with Crippen molar-refractivity contribution in [3.05, 3.63) is 59.7 Å². The van der Waals surface area contributed by atoms with E-state index in [1.165, 1.54) is 0 Å². The highest BCUT2D eigenvalue weighted by atomic mass is 16.4. The second-order valence-electron chi connectivity index (χ2n) is 8.34. The summed E-state index contributed by atoms with van der Waals surface area (Å²) in [5.41, 5.74) is 1.24. The number of imide groups is 1. The number of rotatable bonds is 4. The Hall–Kier alpha value is -3.52. The van der Waals surface area contributed by atoms with Gasteiger partial charge in [-0.25, -0.2) is 4.90 Å². The molecule has 3 aliphatic heterocycles. The third-order valence-corrected chi connectivity index (χ3v) is 6.58. The molecule has 4 atom stereocenters. The van der Waals surface area contributed by atoms with Crippen LogP contribution in [0.5, 0.6) is 0 Å². The normalized spacial score (nSPS) is 28.7. The smallest absolute Gasteiger partial charge is 0.303 e. The van der Waals surface area contributed by atoms with Crippen LogP contribution in [0, 0.1) is 18.8 Å². The molecular formula is C23H21N3O5. The Kier molecular flexibility index (Phi) is 4.23. The molecule has 0 radical (unpaired) electrons. The summed E-state index contributed by atoms with van der Waals surface area (Å²) in [5.74, 6) is -4.03. The van der Waals surface area contributed by atoms with Crippen molar-refractivity contribution < 1.29 is 24.3 Å². The number of carboxylic acid groups (broad SMARTS) is 1. The van der Waals surface area contributed by atoms with Crippen LogP contribution >= 0.6 is 0 Å². The average molecular weight is 419 g/mol. The van der Waals surface area contributed by atoms with E-state index in [-0.39, 0.29) is 12.8 Å². The van der Waals surface area contributed by atoms with Crippen LogP contribution in [0.15, 0.2) is 48.5 Å². The minimum atomic E-state index is -1.41. The number of anilines is 2. The van der Waals surface area contributed by atoms with Gasteiger partial charge >= 0.3 is 5.97 Å². The fourth-order valence-electron chi connectivity index (χ4n) is 5.23. The number of nitrogens with one attached hydrogen (secondary N) is 2. The fourth-order valence-corrected chi connectivity index (χ4v) is 5.23. The van der Waals surface area contributed by atoms with Gasteiger partial charge in [0.15, 0.2) is 0 Å². The highest BCUT2D eigenvalue weighted by Crippen LogP contribution is 2.53. The highest BCUT2D eigenvalue weighted by Gasteiger charge is 2.70. The number of carbonyl (C=O) groups is 4. The van der Waals surface area contributed by atoms with Crippen molar-refractivity contribution in [1.29, 1.82) is 0 Å². The van der Waals surface area contributed by atoms with Crippen LogP contribution < -0.4 is 15.5 Å². The Labute approximate surface area is 178 Å². The molecule has 2 saturated heterocycles. The Morgan fingerprint density at radius 1 is 1.06 bits per heavy atom. The van der Waals surface area contributed by atoms with E-state index in [1.54, 1.807) is 36.4 Å². The molecule has 158 valence electrons. The van der Waals surface area contributed by atoms with E-state index in [4.69, 9.17) is 0 Å². The molecule has 0 aliphatic carbocycles. The van der Waals surface area contributed by atoms with Crippen molar-refractivity contribution >= 4 is 35.1 Å². The zero-order valence-corrected chi connectivity index (χ0v) is 16.8. The maximum atomic E-state index is 13.7. The summed E-state index contributed by atoms with van der Waals surface area (Å²) in [6.45, 7) is 1.91. The lowest BCUT2D eigenvalue weighted by Gasteiger charge is -2.29.